The number of halogens is 2. The Hall–Kier alpha value is -2.68. The molecule has 0 bridgehead atoms. The summed E-state index contributed by atoms with van der Waals surface area (Å²) in [6.07, 6.45) is -0.164. The average molecular weight is 424 g/mol. The highest BCUT2D eigenvalue weighted by molar-refractivity contribution is 7.92. The molecule has 2 aromatic carbocycles. The number of carbonyl (C=O) groups is 1. The van der Waals surface area contributed by atoms with E-state index in [0.29, 0.717) is 11.8 Å². The van der Waals surface area contributed by atoms with Gasteiger partial charge in [0.1, 0.15) is 17.4 Å². The number of benzene rings is 2. The van der Waals surface area contributed by atoms with Crippen LogP contribution in [0.5, 0.6) is 5.75 Å². The molecule has 0 aliphatic carbocycles. The van der Waals surface area contributed by atoms with Gasteiger partial charge in [0.15, 0.2) is 6.10 Å². The van der Waals surface area contributed by atoms with E-state index in [1.165, 1.54) is 0 Å². The SMILES string of the molecule is CC(C)(C)c1ccc2c(c1)N(S(C)(=O)=O)C[C@H](C(=O)Nc1ccc(F)cc1F)O2. The number of nitrogens with zero attached hydrogens (tertiary/aromatic N) is 1. The third-order valence-corrected chi connectivity index (χ3v) is 5.72. The number of anilines is 2. The van der Waals surface area contributed by atoms with Gasteiger partial charge in [-0.15, -0.1) is 0 Å². The van der Waals surface area contributed by atoms with E-state index in [-0.39, 0.29) is 23.4 Å². The predicted octanol–water partition coefficient (Wildman–Crippen LogP) is 3.43. The molecule has 1 N–H and O–H groups in total. The molecular weight excluding hydrogens is 402 g/mol. The van der Waals surface area contributed by atoms with Crippen LogP contribution in [-0.2, 0) is 20.2 Å². The van der Waals surface area contributed by atoms with E-state index in [1.54, 1.807) is 18.2 Å². The van der Waals surface area contributed by atoms with Gasteiger partial charge in [0, 0.05) is 6.07 Å². The lowest BCUT2D eigenvalue weighted by Gasteiger charge is -2.35. The number of ether oxygens (including phenoxy) is 1. The minimum Gasteiger partial charge on any atom is -0.476 e. The first-order chi connectivity index (χ1) is 13.4. The monoisotopic (exact) mass is 424 g/mol. The van der Waals surface area contributed by atoms with Crippen LogP contribution in [0.2, 0.25) is 0 Å². The van der Waals surface area contributed by atoms with Gasteiger partial charge in [-0.3, -0.25) is 9.10 Å². The van der Waals surface area contributed by atoms with Gasteiger partial charge in [-0.25, -0.2) is 17.2 Å². The third-order valence-electron chi connectivity index (χ3n) is 4.58. The van der Waals surface area contributed by atoms with Gasteiger partial charge in [-0.2, -0.15) is 0 Å². The molecule has 3 rings (SSSR count). The number of hydrogen-bond donors (Lipinski definition) is 1. The third kappa shape index (κ3) is 4.50. The van der Waals surface area contributed by atoms with Crippen LogP contribution >= 0.6 is 0 Å². The van der Waals surface area contributed by atoms with Crippen molar-refractivity contribution in [3.63, 3.8) is 0 Å². The second-order valence-corrected chi connectivity index (χ2v) is 9.85. The zero-order valence-electron chi connectivity index (χ0n) is 16.5. The summed E-state index contributed by atoms with van der Waals surface area (Å²) in [7, 11) is -3.70. The summed E-state index contributed by atoms with van der Waals surface area (Å²) < 4.78 is 58.4. The molecule has 156 valence electrons. The predicted molar refractivity (Wildman–Crippen MR) is 107 cm³/mol. The molecule has 0 radical (unpaired) electrons. The Labute approximate surface area is 168 Å². The molecule has 6 nitrogen and oxygen atoms in total. The number of nitrogens with one attached hydrogen (secondary N) is 1. The zero-order valence-corrected chi connectivity index (χ0v) is 17.3. The highest BCUT2D eigenvalue weighted by Gasteiger charge is 2.36. The first-order valence-electron chi connectivity index (χ1n) is 8.91. The van der Waals surface area contributed by atoms with Crippen LogP contribution in [0.1, 0.15) is 26.3 Å². The summed E-state index contributed by atoms with van der Waals surface area (Å²) in [5.41, 5.74) is 0.813. The van der Waals surface area contributed by atoms with Crippen molar-refractivity contribution in [3.05, 3.63) is 53.6 Å². The van der Waals surface area contributed by atoms with Crippen LogP contribution in [0.3, 0.4) is 0 Å². The van der Waals surface area contributed by atoms with Crippen LogP contribution in [0.4, 0.5) is 20.2 Å². The molecular formula is C20H22F2N2O4S. The topological polar surface area (TPSA) is 75.7 Å². The highest BCUT2D eigenvalue weighted by atomic mass is 32.2. The van der Waals surface area contributed by atoms with Crippen molar-refractivity contribution in [2.24, 2.45) is 0 Å². The van der Waals surface area contributed by atoms with E-state index in [1.807, 2.05) is 20.8 Å². The Morgan fingerprint density at radius 2 is 1.86 bits per heavy atom. The van der Waals surface area contributed by atoms with E-state index in [9.17, 15) is 22.0 Å². The van der Waals surface area contributed by atoms with Gasteiger partial charge in [0.2, 0.25) is 10.0 Å². The quantitative estimate of drug-likeness (QED) is 0.819. The maximum absolute atomic E-state index is 13.8. The van der Waals surface area contributed by atoms with Crippen LogP contribution in [0.15, 0.2) is 36.4 Å². The molecule has 0 unspecified atom stereocenters. The lowest BCUT2D eigenvalue weighted by atomic mass is 9.86. The summed E-state index contributed by atoms with van der Waals surface area (Å²) in [4.78, 5) is 12.6. The number of rotatable bonds is 3. The summed E-state index contributed by atoms with van der Waals surface area (Å²) >= 11 is 0. The van der Waals surface area contributed by atoms with Crippen LogP contribution < -0.4 is 14.4 Å². The fourth-order valence-electron chi connectivity index (χ4n) is 2.97. The molecule has 1 atom stereocenters. The molecule has 0 spiro atoms. The average Bonchev–Trinajstić information content (AvgIpc) is 2.61. The van der Waals surface area contributed by atoms with E-state index in [2.05, 4.69) is 5.32 Å². The molecule has 0 saturated heterocycles. The highest BCUT2D eigenvalue weighted by Crippen LogP contribution is 2.38. The molecule has 0 saturated carbocycles. The van der Waals surface area contributed by atoms with Gasteiger partial charge in [0.25, 0.3) is 5.91 Å². The van der Waals surface area contributed by atoms with Gasteiger partial charge >= 0.3 is 0 Å². The normalized spacial score (nSPS) is 16.8. The molecule has 1 aliphatic heterocycles. The minimum atomic E-state index is -3.70. The summed E-state index contributed by atoms with van der Waals surface area (Å²) in [6, 6.07) is 7.88. The van der Waals surface area contributed by atoms with Crippen molar-refractivity contribution in [3.8, 4) is 5.75 Å². The summed E-state index contributed by atoms with van der Waals surface area (Å²) in [6.45, 7) is 5.72. The lowest BCUT2D eigenvalue weighted by Crippen LogP contribution is -2.48. The summed E-state index contributed by atoms with van der Waals surface area (Å²) in [5, 5.41) is 2.32. The van der Waals surface area contributed by atoms with Gasteiger partial charge in [-0.1, -0.05) is 26.8 Å². The molecule has 1 heterocycles. The number of hydrogen-bond acceptors (Lipinski definition) is 4. The smallest absolute Gasteiger partial charge is 0.267 e. The van der Waals surface area contributed by atoms with Crippen molar-refractivity contribution in [1.29, 1.82) is 0 Å². The maximum atomic E-state index is 13.8. The first-order valence-corrected chi connectivity index (χ1v) is 10.8. The molecule has 0 aromatic heterocycles. The van der Waals surface area contributed by atoms with Crippen LogP contribution in [-0.4, -0.2) is 33.2 Å². The first kappa shape index (κ1) is 21.0. The van der Waals surface area contributed by atoms with Gasteiger partial charge in [0.05, 0.1) is 24.2 Å². The molecule has 2 aromatic rings. The van der Waals surface area contributed by atoms with Gasteiger partial charge < -0.3 is 10.1 Å². The fourth-order valence-corrected chi connectivity index (χ4v) is 3.88. The standard InChI is InChI=1S/C20H22F2N2O4S/c1-20(2,3)12-5-8-17-16(9-12)24(29(4,26)27)11-18(28-17)19(25)23-15-7-6-13(21)10-14(15)22/h5-10,18H,11H2,1-4H3,(H,23,25)/t18-/m1/s1. The Kier molecular flexibility index (Phi) is 5.29. The molecule has 9 heteroatoms. The van der Waals surface area contributed by atoms with E-state index in [4.69, 9.17) is 4.74 Å². The summed E-state index contributed by atoms with van der Waals surface area (Å²) in [5.74, 6) is -2.23. The van der Waals surface area contributed by atoms with Crippen molar-refractivity contribution >= 4 is 27.3 Å². The Morgan fingerprint density at radius 1 is 1.17 bits per heavy atom. The van der Waals surface area contributed by atoms with Crippen molar-refractivity contribution < 1.29 is 26.7 Å². The van der Waals surface area contributed by atoms with E-state index in [0.717, 1.165) is 28.3 Å². The Balaban J connectivity index is 1.93. The van der Waals surface area contributed by atoms with E-state index >= 15 is 0 Å². The van der Waals surface area contributed by atoms with Crippen molar-refractivity contribution in [2.75, 3.05) is 22.4 Å². The minimum absolute atomic E-state index is 0.216. The van der Waals surface area contributed by atoms with Crippen molar-refractivity contribution in [2.45, 2.75) is 32.3 Å². The lowest BCUT2D eigenvalue weighted by molar-refractivity contribution is -0.122. The maximum Gasteiger partial charge on any atom is 0.267 e. The molecule has 1 aliphatic rings. The number of sulfonamides is 1. The Bertz CT molecular complexity index is 1060. The van der Waals surface area contributed by atoms with Crippen LogP contribution in [0, 0.1) is 11.6 Å². The molecule has 1 amide bonds. The zero-order chi connectivity index (χ0) is 21.6. The number of amides is 1. The van der Waals surface area contributed by atoms with Crippen LogP contribution in [0.25, 0.3) is 0 Å². The number of carbonyl (C=O) groups excluding carboxylic acids is 1. The van der Waals surface area contributed by atoms with E-state index < -0.39 is 33.7 Å². The number of fused-ring (bicyclic) bond motifs is 1. The second-order valence-electron chi connectivity index (χ2n) is 7.95. The fraction of sp³-hybridized carbons (Fsp3) is 0.350. The second kappa shape index (κ2) is 7.29. The molecule has 29 heavy (non-hydrogen) atoms. The Morgan fingerprint density at radius 3 is 2.45 bits per heavy atom. The van der Waals surface area contributed by atoms with Gasteiger partial charge in [-0.05, 0) is 35.2 Å². The largest absolute Gasteiger partial charge is 0.476 e. The molecule has 0 fully saturated rings. The van der Waals surface area contributed by atoms with Crippen molar-refractivity contribution in [1.82, 2.24) is 0 Å².